The van der Waals surface area contributed by atoms with Crippen LogP contribution in [0.3, 0.4) is 0 Å². The molecule has 176 valence electrons. The molecule has 34 heavy (non-hydrogen) atoms. The number of para-hydroxylation sites is 1. The van der Waals surface area contributed by atoms with E-state index in [4.69, 9.17) is 4.74 Å². The Kier molecular flexibility index (Phi) is 5.42. The molecule has 4 heterocycles. The van der Waals surface area contributed by atoms with Gasteiger partial charge in [-0.2, -0.15) is 28.2 Å². The van der Waals surface area contributed by atoms with Crippen LogP contribution in [0.1, 0.15) is 35.8 Å². The summed E-state index contributed by atoms with van der Waals surface area (Å²) in [4.78, 5) is 24.3. The number of hydrogen-bond acceptors (Lipinski definition) is 6. The Morgan fingerprint density at radius 1 is 1.12 bits per heavy atom. The first-order chi connectivity index (χ1) is 16.3. The first kappa shape index (κ1) is 21.9. The van der Waals surface area contributed by atoms with Gasteiger partial charge in [-0.1, -0.05) is 12.1 Å². The van der Waals surface area contributed by atoms with Crippen LogP contribution in [0.15, 0.2) is 55.2 Å². The molecule has 3 aromatic heterocycles. The molecule has 0 saturated carbocycles. The molecule has 1 fully saturated rings. The number of halogens is 3. The normalized spacial score (nSPS) is 18.9. The maximum absolute atomic E-state index is 13.5. The van der Waals surface area contributed by atoms with Crippen molar-refractivity contribution in [3.63, 3.8) is 0 Å². The molecule has 0 N–H and O–H groups in total. The lowest BCUT2D eigenvalue weighted by atomic mass is 9.99. The van der Waals surface area contributed by atoms with Crippen LogP contribution in [0.4, 0.5) is 13.2 Å². The number of alkyl halides is 3. The van der Waals surface area contributed by atoms with Crippen molar-refractivity contribution in [2.75, 3.05) is 6.54 Å². The second kappa shape index (κ2) is 8.43. The molecule has 0 radical (unpaired) electrons. The van der Waals surface area contributed by atoms with E-state index in [2.05, 4.69) is 20.2 Å². The van der Waals surface area contributed by atoms with E-state index in [1.54, 1.807) is 29.2 Å². The van der Waals surface area contributed by atoms with Crippen LogP contribution in [-0.4, -0.2) is 58.9 Å². The van der Waals surface area contributed by atoms with Gasteiger partial charge in [0.1, 0.15) is 6.10 Å². The smallest absolute Gasteiger partial charge is 0.434 e. The van der Waals surface area contributed by atoms with Crippen LogP contribution in [0.25, 0.3) is 11.3 Å². The molecule has 9 nitrogen and oxygen atoms in total. The van der Waals surface area contributed by atoms with Crippen LogP contribution < -0.4 is 4.74 Å². The first-order valence-electron chi connectivity index (χ1n) is 10.7. The van der Waals surface area contributed by atoms with Gasteiger partial charge < -0.3 is 14.0 Å². The van der Waals surface area contributed by atoms with Crippen LogP contribution in [-0.2, 0) is 6.18 Å². The van der Waals surface area contributed by atoms with Crippen LogP contribution in [0, 0.1) is 0 Å². The molecule has 1 saturated heterocycles. The zero-order valence-electron chi connectivity index (χ0n) is 18.1. The lowest BCUT2D eigenvalue weighted by molar-refractivity contribution is -0.140. The summed E-state index contributed by atoms with van der Waals surface area (Å²) in [5.41, 5.74) is -0.0598. The van der Waals surface area contributed by atoms with Gasteiger partial charge in [0.15, 0.2) is 5.69 Å². The number of piperidine rings is 1. The first-order valence-corrected chi connectivity index (χ1v) is 10.7. The van der Waals surface area contributed by atoms with Crippen molar-refractivity contribution in [3.05, 3.63) is 66.5 Å². The quantitative estimate of drug-likeness (QED) is 0.453. The maximum Gasteiger partial charge on any atom is 0.434 e. The van der Waals surface area contributed by atoms with Crippen LogP contribution >= 0.6 is 0 Å². The molecule has 5 rings (SSSR count). The second-order valence-corrected chi connectivity index (χ2v) is 8.05. The summed E-state index contributed by atoms with van der Waals surface area (Å²) in [6, 6.07) is 6.98. The Morgan fingerprint density at radius 2 is 1.88 bits per heavy atom. The lowest BCUT2D eigenvalue weighted by Crippen LogP contribution is -2.49. The number of nitrogens with zero attached hydrogens (tertiary/aromatic N) is 7. The molecule has 4 aromatic rings. The van der Waals surface area contributed by atoms with Gasteiger partial charge in [-0.3, -0.25) is 4.79 Å². The summed E-state index contributed by atoms with van der Waals surface area (Å²) in [6.07, 6.45) is 2.92. The molecule has 0 aliphatic carbocycles. The van der Waals surface area contributed by atoms with Crippen molar-refractivity contribution < 1.29 is 22.7 Å². The molecule has 1 aromatic carbocycles. The third-order valence-corrected chi connectivity index (χ3v) is 5.78. The monoisotopic (exact) mass is 471 g/mol. The second-order valence-electron chi connectivity index (χ2n) is 8.05. The van der Waals surface area contributed by atoms with Crippen LogP contribution in [0.5, 0.6) is 5.88 Å². The number of benzene rings is 1. The zero-order valence-corrected chi connectivity index (χ0v) is 18.1. The standard InChI is InChI=1S/C22H20F3N7O2/c1-14-6-7-15(34-20-19-29-18(22(23,24)25)13-30(19)11-10-26-20)12-31(14)21(33)16-4-2-3-5-17(16)32-27-8-9-28-32/h2-5,8-11,13-15H,6-7,12H2,1H3/t14-,15-/m1/s1. The van der Waals surface area contributed by atoms with E-state index in [0.717, 1.165) is 6.20 Å². The Hall–Kier alpha value is -3.96. The summed E-state index contributed by atoms with van der Waals surface area (Å²) >= 11 is 0. The van der Waals surface area contributed by atoms with E-state index in [9.17, 15) is 18.0 Å². The molecule has 1 aliphatic heterocycles. The third kappa shape index (κ3) is 4.06. The molecule has 0 unspecified atom stereocenters. The molecule has 12 heteroatoms. The maximum atomic E-state index is 13.5. The summed E-state index contributed by atoms with van der Waals surface area (Å²) < 4.78 is 46.5. The minimum atomic E-state index is -4.58. The number of aromatic nitrogens is 6. The minimum Gasteiger partial charge on any atom is -0.470 e. The Balaban J connectivity index is 1.39. The van der Waals surface area contributed by atoms with Crippen molar-refractivity contribution in [1.82, 2.24) is 34.3 Å². The average Bonchev–Trinajstić information content (AvgIpc) is 3.50. The van der Waals surface area contributed by atoms with Gasteiger partial charge in [0.25, 0.3) is 11.8 Å². The molecule has 2 atom stereocenters. The summed E-state index contributed by atoms with van der Waals surface area (Å²) in [5, 5.41) is 8.25. The van der Waals surface area contributed by atoms with E-state index in [-0.39, 0.29) is 30.0 Å². The summed E-state index contributed by atoms with van der Waals surface area (Å²) in [5.74, 6) is -0.217. The van der Waals surface area contributed by atoms with E-state index in [1.807, 2.05) is 6.92 Å². The van der Waals surface area contributed by atoms with Crippen molar-refractivity contribution in [1.29, 1.82) is 0 Å². The summed E-state index contributed by atoms with van der Waals surface area (Å²) in [7, 11) is 0. The predicted molar refractivity (Wildman–Crippen MR) is 113 cm³/mol. The summed E-state index contributed by atoms with van der Waals surface area (Å²) in [6.45, 7) is 2.20. The topological polar surface area (TPSA) is 90.4 Å². The molecule has 1 amide bonds. The van der Waals surface area contributed by atoms with E-state index < -0.39 is 18.0 Å². The van der Waals surface area contributed by atoms with Crippen molar-refractivity contribution in [3.8, 4) is 11.6 Å². The number of fused-ring (bicyclic) bond motifs is 1. The highest BCUT2D eigenvalue weighted by atomic mass is 19.4. The molecule has 0 spiro atoms. The van der Waals surface area contributed by atoms with Gasteiger partial charge in [-0.25, -0.2) is 9.97 Å². The van der Waals surface area contributed by atoms with Crippen LogP contribution in [0.2, 0.25) is 0 Å². The number of hydrogen-bond donors (Lipinski definition) is 0. The molecular weight excluding hydrogens is 451 g/mol. The number of imidazole rings is 1. The Bertz CT molecular complexity index is 1320. The largest absolute Gasteiger partial charge is 0.470 e. The van der Waals surface area contributed by atoms with Gasteiger partial charge in [0.05, 0.1) is 30.2 Å². The SMILES string of the molecule is C[C@@H]1CC[C@@H](Oc2nccn3cc(C(F)(F)F)nc23)CN1C(=O)c1ccccc1-n1nccn1. The Labute approximate surface area is 191 Å². The third-order valence-electron chi connectivity index (χ3n) is 5.78. The minimum absolute atomic E-state index is 0.00825. The Morgan fingerprint density at radius 3 is 2.65 bits per heavy atom. The lowest BCUT2D eigenvalue weighted by Gasteiger charge is -2.38. The van der Waals surface area contributed by atoms with Crippen molar-refractivity contribution in [2.24, 2.45) is 0 Å². The number of rotatable bonds is 4. The average molecular weight is 471 g/mol. The van der Waals surface area contributed by atoms with E-state index >= 15 is 0 Å². The fourth-order valence-electron chi connectivity index (χ4n) is 4.05. The van der Waals surface area contributed by atoms with Gasteiger partial charge >= 0.3 is 6.18 Å². The molecule has 1 aliphatic rings. The highest BCUT2D eigenvalue weighted by molar-refractivity contribution is 5.98. The highest BCUT2D eigenvalue weighted by Gasteiger charge is 2.35. The van der Waals surface area contributed by atoms with Crippen molar-refractivity contribution in [2.45, 2.75) is 38.1 Å². The number of likely N-dealkylation sites (tertiary alicyclic amines) is 1. The van der Waals surface area contributed by atoms with Gasteiger partial charge in [0.2, 0.25) is 5.65 Å². The predicted octanol–water partition coefficient (Wildman–Crippen LogP) is 3.40. The molecule has 0 bridgehead atoms. The number of carbonyl (C=O) groups excluding carboxylic acids is 1. The molecular formula is C22H20F3N7O2. The van der Waals surface area contributed by atoms with Gasteiger partial charge in [0, 0.05) is 24.6 Å². The fourth-order valence-corrected chi connectivity index (χ4v) is 4.05. The zero-order chi connectivity index (χ0) is 23.9. The van der Waals surface area contributed by atoms with Gasteiger partial charge in [-0.05, 0) is 31.9 Å². The van der Waals surface area contributed by atoms with Crippen molar-refractivity contribution >= 4 is 11.6 Å². The van der Waals surface area contributed by atoms with E-state index in [1.165, 1.54) is 34.0 Å². The number of amides is 1. The number of carbonyl (C=O) groups is 1. The van der Waals surface area contributed by atoms with E-state index in [0.29, 0.717) is 24.1 Å². The van der Waals surface area contributed by atoms with Gasteiger partial charge in [-0.15, -0.1) is 0 Å². The highest BCUT2D eigenvalue weighted by Crippen LogP contribution is 2.31. The fraction of sp³-hybridized carbons (Fsp3) is 0.318. The number of ether oxygens (including phenoxy) is 1.